The van der Waals surface area contributed by atoms with Crippen LogP contribution in [0.15, 0.2) is 0 Å². The second-order valence-corrected chi connectivity index (χ2v) is 2.19. The fourth-order valence-electron chi connectivity index (χ4n) is 0.437. The molecule has 0 aromatic rings. The van der Waals surface area contributed by atoms with Gasteiger partial charge in [0.2, 0.25) is 0 Å². The van der Waals surface area contributed by atoms with Gasteiger partial charge in [0.1, 0.15) is 0 Å². The average Bonchev–Trinajstić information content (AvgIpc) is 1.86. The first-order valence-corrected chi connectivity index (χ1v) is 3.50. The molecule has 5 heteroatoms. The normalized spacial score (nSPS) is 16.7. The van der Waals surface area contributed by atoms with E-state index in [4.69, 9.17) is 0 Å². The summed E-state index contributed by atoms with van der Waals surface area (Å²) in [5.41, 5.74) is 0. The van der Waals surface area contributed by atoms with Crippen molar-refractivity contribution < 1.29 is 18.3 Å². The largest absolute Gasteiger partial charge is 0.330 e. The highest BCUT2D eigenvalue weighted by molar-refractivity contribution is 7.17. The number of carbonyl (C=O) groups excluding carboxylic acids is 1. The number of rotatable bonds is 4. The van der Waals surface area contributed by atoms with E-state index in [0.717, 1.165) is 6.92 Å². The first-order valence-electron chi connectivity index (χ1n) is 2.77. The molecule has 0 aliphatic heterocycles. The van der Waals surface area contributed by atoms with Crippen LogP contribution in [-0.2, 0) is 13.9 Å². The van der Waals surface area contributed by atoms with Gasteiger partial charge in [0.05, 0.1) is 0 Å². The average molecular weight is 166 g/mol. The number of halogens is 1. The molecule has 10 heavy (non-hydrogen) atoms. The van der Waals surface area contributed by atoms with Gasteiger partial charge in [-0.15, -0.1) is 0 Å². The van der Waals surface area contributed by atoms with Gasteiger partial charge in [0.25, 0.3) is 5.85 Å². The topological polar surface area (TPSA) is 43.4 Å². The Labute approximate surface area is 59.8 Å². The SMILES string of the molecule is CCC(=O)C(C)(F)OP=O. The zero-order valence-corrected chi connectivity index (χ0v) is 6.65. The Kier molecular flexibility index (Phi) is 3.61. The van der Waals surface area contributed by atoms with Crippen molar-refractivity contribution in [3.05, 3.63) is 0 Å². The lowest BCUT2D eigenvalue weighted by Crippen LogP contribution is -2.29. The van der Waals surface area contributed by atoms with Crippen LogP contribution in [0.3, 0.4) is 0 Å². The molecular formula is C5H8FO3P. The molecule has 0 aromatic carbocycles. The summed E-state index contributed by atoms with van der Waals surface area (Å²) in [6, 6.07) is 0. The predicted molar refractivity (Wildman–Crippen MR) is 33.5 cm³/mol. The number of Topliss-reactive ketones (excluding diaryl/α,β-unsaturated/α-hetero) is 1. The summed E-state index contributed by atoms with van der Waals surface area (Å²) in [7, 11) is -0.817. The summed E-state index contributed by atoms with van der Waals surface area (Å²) in [4.78, 5) is 10.6. The molecule has 0 heterocycles. The molecule has 0 fully saturated rings. The Balaban J connectivity index is 4.08. The maximum Gasteiger partial charge on any atom is 0.330 e. The summed E-state index contributed by atoms with van der Waals surface area (Å²) in [6.45, 7) is 2.44. The van der Waals surface area contributed by atoms with E-state index in [1.807, 2.05) is 0 Å². The minimum Gasteiger partial charge on any atom is -0.293 e. The number of alkyl halides is 1. The molecule has 58 valence electrons. The van der Waals surface area contributed by atoms with E-state index in [0.29, 0.717) is 0 Å². The Morgan fingerprint density at radius 1 is 1.80 bits per heavy atom. The molecule has 0 amide bonds. The second-order valence-electron chi connectivity index (χ2n) is 1.86. The fourth-order valence-corrected chi connectivity index (χ4v) is 0.678. The highest BCUT2D eigenvalue weighted by atomic mass is 31.1. The van der Waals surface area contributed by atoms with Gasteiger partial charge in [0, 0.05) is 13.3 Å². The molecule has 0 spiro atoms. The van der Waals surface area contributed by atoms with Crippen LogP contribution >= 0.6 is 8.69 Å². The maximum absolute atomic E-state index is 12.7. The third-order valence-corrected chi connectivity index (χ3v) is 1.45. The van der Waals surface area contributed by atoms with Gasteiger partial charge in [-0.05, 0) is 0 Å². The monoisotopic (exact) mass is 166 g/mol. The number of carbonyl (C=O) groups is 1. The number of hydrogen-bond acceptors (Lipinski definition) is 3. The standard InChI is InChI=1S/C5H8FO3P/c1-3-4(7)5(2,6)9-10-8/h3H2,1-2H3. The van der Waals surface area contributed by atoms with Crippen molar-refractivity contribution >= 4 is 14.5 Å². The predicted octanol–water partition coefficient (Wildman–Crippen LogP) is 1.87. The van der Waals surface area contributed by atoms with Gasteiger partial charge < -0.3 is 0 Å². The van der Waals surface area contributed by atoms with Crippen molar-refractivity contribution in [2.45, 2.75) is 26.1 Å². The number of ketones is 1. The smallest absolute Gasteiger partial charge is 0.293 e. The molecular weight excluding hydrogens is 158 g/mol. The van der Waals surface area contributed by atoms with Crippen molar-refractivity contribution in [1.82, 2.24) is 0 Å². The Bertz CT molecular complexity index is 146. The summed E-state index contributed by atoms with van der Waals surface area (Å²) in [5, 5.41) is 0. The molecule has 0 aliphatic carbocycles. The van der Waals surface area contributed by atoms with Crippen LogP contribution in [0.25, 0.3) is 0 Å². The minimum atomic E-state index is -2.40. The van der Waals surface area contributed by atoms with Crippen LogP contribution in [-0.4, -0.2) is 11.6 Å². The van der Waals surface area contributed by atoms with Crippen LogP contribution in [0.5, 0.6) is 0 Å². The molecule has 0 saturated carbocycles. The molecule has 0 bridgehead atoms. The van der Waals surface area contributed by atoms with E-state index in [1.165, 1.54) is 6.92 Å². The molecule has 0 saturated heterocycles. The summed E-state index contributed by atoms with van der Waals surface area (Å²) in [5.74, 6) is -3.12. The first-order chi connectivity index (χ1) is 4.54. The first kappa shape index (κ1) is 9.66. The highest BCUT2D eigenvalue weighted by Crippen LogP contribution is 2.20. The van der Waals surface area contributed by atoms with Crippen LogP contribution in [0.4, 0.5) is 4.39 Å². The summed E-state index contributed by atoms with van der Waals surface area (Å²) in [6.07, 6.45) is 0.0303. The highest BCUT2D eigenvalue weighted by Gasteiger charge is 2.32. The quantitative estimate of drug-likeness (QED) is 0.598. The van der Waals surface area contributed by atoms with E-state index in [-0.39, 0.29) is 6.42 Å². The molecule has 0 aliphatic rings. The Hall–Kier alpha value is -0.340. The molecule has 3 nitrogen and oxygen atoms in total. The van der Waals surface area contributed by atoms with Gasteiger partial charge in [-0.1, -0.05) is 6.92 Å². The van der Waals surface area contributed by atoms with Crippen LogP contribution in [0.1, 0.15) is 20.3 Å². The molecule has 0 aromatic heterocycles. The molecule has 1 unspecified atom stereocenters. The lowest BCUT2D eigenvalue weighted by Gasteiger charge is -2.12. The molecule has 1 atom stereocenters. The number of hydrogen-bond donors (Lipinski definition) is 0. The van der Waals surface area contributed by atoms with E-state index < -0.39 is 20.3 Å². The zero-order valence-electron chi connectivity index (χ0n) is 5.76. The van der Waals surface area contributed by atoms with Crippen molar-refractivity contribution in [3.8, 4) is 0 Å². The molecule has 0 N–H and O–H groups in total. The van der Waals surface area contributed by atoms with Crippen LogP contribution < -0.4 is 0 Å². The van der Waals surface area contributed by atoms with E-state index in [1.54, 1.807) is 0 Å². The third kappa shape index (κ3) is 2.50. The lowest BCUT2D eigenvalue weighted by molar-refractivity contribution is -0.146. The Morgan fingerprint density at radius 3 is 2.60 bits per heavy atom. The van der Waals surface area contributed by atoms with Gasteiger partial charge >= 0.3 is 8.69 Å². The fraction of sp³-hybridized carbons (Fsp3) is 0.800. The van der Waals surface area contributed by atoms with Gasteiger partial charge in [0.15, 0.2) is 5.78 Å². The lowest BCUT2D eigenvalue weighted by atomic mass is 10.2. The van der Waals surface area contributed by atoms with Crippen LogP contribution in [0.2, 0.25) is 0 Å². The summed E-state index contributed by atoms with van der Waals surface area (Å²) >= 11 is 0. The third-order valence-electron chi connectivity index (χ3n) is 1.03. The van der Waals surface area contributed by atoms with E-state index in [2.05, 4.69) is 4.52 Å². The van der Waals surface area contributed by atoms with Crippen molar-refractivity contribution in [1.29, 1.82) is 0 Å². The van der Waals surface area contributed by atoms with Gasteiger partial charge in [-0.2, -0.15) is 0 Å². The van der Waals surface area contributed by atoms with Crippen molar-refractivity contribution in [2.75, 3.05) is 0 Å². The van der Waals surface area contributed by atoms with Crippen molar-refractivity contribution in [2.24, 2.45) is 0 Å². The van der Waals surface area contributed by atoms with E-state index >= 15 is 0 Å². The Morgan fingerprint density at radius 2 is 2.30 bits per heavy atom. The van der Waals surface area contributed by atoms with E-state index in [9.17, 15) is 13.8 Å². The zero-order chi connectivity index (χ0) is 8.20. The summed E-state index contributed by atoms with van der Waals surface area (Å²) < 4.78 is 26.4. The second kappa shape index (κ2) is 3.74. The van der Waals surface area contributed by atoms with Crippen molar-refractivity contribution in [3.63, 3.8) is 0 Å². The maximum atomic E-state index is 12.7. The van der Waals surface area contributed by atoms with Gasteiger partial charge in [-0.25, -0.2) is 13.5 Å². The van der Waals surface area contributed by atoms with Gasteiger partial charge in [-0.3, -0.25) is 4.79 Å². The molecule has 0 radical (unpaired) electrons. The molecule has 0 rings (SSSR count). The minimum absolute atomic E-state index is 0.0303. The van der Waals surface area contributed by atoms with Crippen LogP contribution in [0, 0.1) is 0 Å².